The van der Waals surface area contributed by atoms with E-state index in [1.165, 1.54) is 5.56 Å². The first-order valence-electron chi connectivity index (χ1n) is 14.2. The molecule has 0 unspecified atom stereocenters. The van der Waals surface area contributed by atoms with Crippen LogP contribution in [0.2, 0.25) is 0 Å². The summed E-state index contributed by atoms with van der Waals surface area (Å²) in [7, 11) is 0. The molecular formula is C36H49N3O. The fraction of sp³-hybridized carbons (Fsp3) is 0.444. The molecule has 214 valence electrons. The monoisotopic (exact) mass is 539 g/mol. The van der Waals surface area contributed by atoms with Crippen LogP contribution in [0.3, 0.4) is 0 Å². The number of anilines is 1. The summed E-state index contributed by atoms with van der Waals surface area (Å²) in [4.78, 5) is 9.65. The Labute approximate surface area is 242 Å². The van der Waals surface area contributed by atoms with Gasteiger partial charge in [-0.2, -0.15) is 0 Å². The minimum Gasteiger partial charge on any atom is -0.507 e. The highest BCUT2D eigenvalue weighted by atomic mass is 16.3. The summed E-state index contributed by atoms with van der Waals surface area (Å²) in [6, 6.07) is 16.3. The van der Waals surface area contributed by atoms with Gasteiger partial charge in [0.2, 0.25) is 0 Å². The molecule has 3 rings (SSSR count). The SMILES string of the molecule is CC(C)(C)c1cc(C=Nc2ccccc2N=Cc2cc(C(C)(C)C)cc(C(C)(C)C)c2O)c(N)c(C(C)(C)C)c1. The molecule has 0 saturated heterocycles. The van der Waals surface area contributed by atoms with E-state index in [0.717, 1.165) is 39.3 Å². The van der Waals surface area contributed by atoms with Gasteiger partial charge in [-0.1, -0.05) is 107 Å². The quantitative estimate of drug-likeness (QED) is 0.256. The van der Waals surface area contributed by atoms with E-state index in [1.807, 2.05) is 36.5 Å². The Morgan fingerprint density at radius 3 is 1.40 bits per heavy atom. The van der Waals surface area contributed by atoms with E-state index >= 15 is 0 Å². The third-order valence-electron chi connectivity index (χ3n) is 7.27. The molecule has 0 aromatic heterocycles. The highest BCUT2D eigenvalue weighted by molar-refractivity contribution is 5.92. The van der Waals surface area contributed by atoms with Gasteiger partial charge in [-0.25, -0.2) is 0 Å². The van der Waals surface area contributed by atoms with Gasteiger partial charge < -0.3 is 10.8 Å². The third kappa shape index (κ3) is 7.21. The molecule has 0 aliphatic heterocycles. The maximum atomic E-state index is 11.2. The molecule has 0 saturated carbocycles. The largest absolute Gasteiger partial charge is 0.507 e. The van der Waals surface area contributed by atoms with Crippen molar-refractivity contribution in [2.75, 3.05) is 5.73 Å². The van der Waals surface area contributed by atoms with Gasteiger partial charge in [0.1, 0.15) is 5.75 Å². The van der Waals surface area contributed by atoms with E-state index in [2.05, 4.69) is 101 Å². The van der Waals surface area contributed by atoms with E-state index in [4.69, 9.17) is 15.7 Å². The minimum atomic E-state index is -0.205. The Morgan fingerprint density at radius 2 is 0.975 bits per heavy atom. The molecule has 40 heavy (non-hydrogen) atoms. The maximum absolute atomic E-state index is 11.2. The smallest absolute Gasteiger partial charge is 0.128 e. The van der Waals surface area contributed by atoms with Gasteiger partial charge in [0.15, 0.2) is 0 Å². The van der Waals surface area contributed by atoms with Crippen LogP contribution in [0.4, 0.5) is 17.1 Å². The lowest BCUT2D eigenvalue weighted by Crippen LogP contribution is -2.19. The standard InChI is InChI=1S/C36H49N3O/c1-33(2,3)25-17-23(31(37)27(19-25)35(7,8)9)21-38-29-15-13-14-16-30(29)39-22-24-18-26(34(4,5)6)20-28(32(24)40)36(10,11)12/h13-22,40H,37H2,1-12H3. The molecule has 0 atom stereocenters. The lowest BCUT2D eigenvalue weighted by atomic mass is 9.78. The van der Waals surface area contributed by atoms with Crippen LogP contribution in [0.1, 0.15) is 116 Å². The zero-order valence-corrected chi connectivity index (χ0v) is 26.7. The molecule has 3 aromatic carbocycles. The van der Waals surface area contributed by atoms with E-state index in [1.54, 1.807) is 6.21 Å². The summed E-state index contributed by atoms with van der Waals surface area (Å²) in [5, 5.41) is 11.2. The second-order valence-electron chi connectivity index (χ2n) is 15.0. The van der Waals surface area contributed by atoms with Crippen LogP contribution in [0.25, 0.3) is 0 Å². The number of rotatable bonds is 4. The number of hydrogen-bond acceptors (Lipinski definition) is 4. The summed E-state index contributed by atoms with van der Waals surface area (Å²) >= 11 is 0. The molecule has 0 fully saturated rings. The van der Waals surface area contributed by atoms with Crippen LogP contribution < -0.4 is 5.73 Å². The van der Waals surface area contributed by atoms with Crippen LogP contribution in [0.15, 0.2) is 58.5 Å². The Morgan fingerprint density at radius 1 is 0.575 bits per heavy atom. The topological polar surface area (TPSA) is 71.0 Å². The lowest BCUT2D eigenvalue weighted by molar-refractivity contribution is 0.444. The molecule has 0 radical (unpaired) electrons. The van der Waals surface area contributed by atoms with Crippen molar-refractivity contribution in [2.24, 2.45) is 9.98 Å². The molecule has 4 nitrogen and oxygen atoms in total. The molecule has 0 aliphatic rings. The summed E-state index contributed by atoms with van der Waals surface area (Å²) < 4.78 is 0. The van der Waals surface area contributed by atoms with Crippen LogP contribution in [-0.4, -0.2) is 17.5 Å². The third-order valence-corrected chi connectivity index (χ3v) is 7.27. The van der Waals surface area contributed by atoms with Gasteiger partial charge >= 0.3 is 0 Å². The number of nitrogens with two attached hydrogens (primary N) is 1. The summed E-state index contributed by atoms with van der Waals surface area (Å²) in [5.41, 5.74) is 14.5. The van der Waals surface area contributed by atoms with Crippen molar-refractivity contribution in [2.45, 2.75) is 105 Å². The molecule has 0 bridgehead atoms. The van der Waals surface area contributed by atoms with Crippen LogP contribution >= 0.6 is 0 Å². The first kappa shape index (κ1) is 31.1. The second-order valence-corrected chi connectivity index (χ2v) is 15.0. The highest BCUT2D eigenvalue weighted by Gasteiger charge is 2.25. The minimum absolute atomic E-state index is 0.0198. The fourth-order valence-corrected chi connectivity index (χ4v) is 4.56. The molecule has 0 aliphatic carbocycles. The second kappa shape index (κ2) is 10.9. The molecular weight excluding hydrogens is 490 g/mol. The maximum Gasteiger partial charge on any atom is 0.128 e. The van der Waals surface area contributed by atoms with E-state index < -0.39 is 0 Å². The van der Waals surface area contributed by atoms with Crippen LogP contribution in [0, 0.1) is 0 Å². The van der Waals surface area contributed by atoms with Gasteiger partial charge in [0, 0.05) is 34.8 Å². The molecule has 3 N–H and O–H groups in total. The Hall–Kier alpha value is -3.40. The van der Waals surface area contributed by atoms with Crippen LogP contribution in [0.5, 0.6) is 5.75 Å². The number of phenols is 1. The van der Waals surface area contributed by atoms with Crippen molar-refractivity contribution < 1.29 is 5.11 Å². The number of aromatic hydroxyl groups is 1. The van der Waals surface area contributed by atoms with E-state index in [0.29, 0.717) is 5.56 Å². The zero-order chi connectivity index (χ0) is 30.3. The number of para-hydroxylation sites is 2. The van der Waals surface area contributed by atoms with Crippen molar-refractivity contribution in [1.82, 2.24) is 0 Å². The van der Waals surface area contributed by atoms with Crippen molar-refractivity contribution >= 4 is 29.5 Å². The number of aliphatic imine (C=N–C) groups is 2. The molecule has 0 heterocycles. The Bertz CT molecular complexity index is 1320. The van der Waals surface area contributed by atoms with Crippen molar-refractivity contribution in [3.8, 4) is 5.75 Å². The van der Waals surface area contributed by atoms with Crippen LogP contribution in [-0.2, 0) is 21.7 Å². The molecule has 3 aromatic rings. The molecule has 0 spiro atoms. The van der Waals surface area contributed by atoms with Gasteiger partial charge in [0.25, 0.3) is 0 Å². The number of benzene rings is 3. The Balaban J connectivity index is 2.10. The van der Waals surface area contributed by atoms with Gasteiger partial charge in [0.05, 0.1) is 11.4 Å². The predicted octanol–water partition coefficient (Wildman–Crippen LogP) is 9.67. The number of phenolic OH excluding ortho intramolecular Hbond substituents is 1. The summed E-state index contributed by atoms with van der Waals surface area (Å²) in [6.07, 6.45) is 3.60. The average molecular weight is 540 g/mol. The normalized spacial score (nSPS) is 13.5. The number of nitrogens with zero attached hydrogens (tertiary/aromatic N) is 2. The van der Waals surface area contributed by atoms with Crippen molar-refractivity contribution in [3.05, 3.63) is 81.9 Å². The highest BCUT2D eigenvalue weighted by Crippen LogP contribution is 2.38. The average Bonchev–Trinajstić information content (AvgIpc) is 2.80. The predicted molar refractivity (Wildman–Crippen MR) is 175 cm³/mol. The van der Waals surface area contributed by atoms with Gasteiger partial charge in [-0.3, -0.25) is 9.98 Å². The Kier molecular flexibility index (Phi) is 8.46. The van der Waals surface area contributed by atoms with Gasteiger partial charge in [-0.05, 0) is 62.6 Å². The van der Waals surface area contributed by atoms with Crippen molar-refractivity contribution in [1.29, 1.82) is 0 Å². The zero-order valence-electron chi connectivity index (χ0n) is 26.7. The molecule has 0 amide bonds. The summed E-state index contributed by atoms with van der Waals surface area (Å²) in [6.45, 7) is 26.1. The van der Waals surface area contributed by atoms with Crippen molar-refractivity contribution in [3.63, 3.8) is 0 Å². The number of hydrogen-bond donors (Lipinski definition) is 2. The fourth-order valence-electron chi connectivity index (χ4n) is 4.56. The van der Waals surface area contributed by atoms with E-state index in [9.17, 15) is 5.11 Å². The summed E-state index contributed by atoms with van der Waals surface area (Å²) in [5.74, 6) is 0.270. The number of nitrogen functional groups attached to an aromatic ring is 1. The van der Waals surface area contributed by atoms with Gasteiger partial charge in [-0.15, -0.1) is 0 Å². The molecule has 4 heteroatoms. The van der Waals surface area contributed by atoms with E-state index in [-0.39, 0.29) is 27.4 Å². The lowest BCUT2D eigenvalue weighted by Gasteiger charge is -2.27. The first-order chi connectivity index (χ1) is 18.2. The first-order valence-corrected chi connectivity index (χ1v) is 14.2.